The molecule has 1 heterocycles. The van der Waals surface area contributed by atoms with E-state index < -0.39 is 13.9 Å². The summed E-state index contributed by atoms with van der Waals surface area (Å²) < 4.78 is 12.4. The van der Waals surface area contributed by atoms with Crippen molar-refractivity contribution in [1.82, 2.24) is 4.90 Å². The van der Waals surface area contributed by atoms with Crippen molar-refractivity contribution in [3.63, 3.8) is 0 Å². The fourth-order valence-electron chi connectivity index (χ4n) is 4.21. The van der Waals surface area contributed by atoms with E-state index in [1.807, 2.05) is 33.8 Å². The average Bonchev–Trinajstić information content (AvgIpc) is 2.40. The molecule has 4 nitrogen and oxygen atoms in total. The van der Waals surface area contributed by atoms with Crippen LogP contribution in [0, 0.1) is 0 Å². The highest BCUT2D eigenvalue weighted by atomic mass is 28.4. The van der Waals surface area contributed by atoms with E-state index in [-0.39, 0.29) is 18.2 Å². The molecule has 0 spiro atoms. The van der Waals surface area contributed by atoms with Crippen LogP contribution in [-0.4, -0.2) is 43.6 Å². The number of nitrogens with zero attached hydrogens (tertiary/aromatic N) is 1. The van der Waals surface area contributed by atoms with Gasteiger partial charge in [0, 0.05) is 0 Å². The van der Waals surface area contributed by atoms with Gasteiger partial charge in [0.15, 0.2) is 0 Å². The number of amides is 1. The Morgan fingerprint density at radius 2 is 1.56 bits per heavy atom. The maximum absolute atomic E-state index is 12.5. The van der Waals surface area contributed by atoms with Crippen molar-refractivity contribution in [2.75, 3.05) is 6.54 Å². The third kappa shape index (κ3) is 4.88. The van der Waals surface area contributed by atoms with Crippen LogP contribution in [0.3, 0.4) is 0 Å². The maximum Gasteiger partial charge on any atom is 0.410 e. The molecule has 0 unspecified atom stereocenters. The van der Waals surface area contributed by atoms with Gasteiger partial charge in [-0.2, -0.15) is 0 Å². The van der Waals surface area contributed by atoms with Crippen molar-refractivity contribution in [3.8, 4) is 0 Å². The van der Waals surface area contributed by atoms with Gasteiger partial charge < -0.3 is 9.16 Å². The highest BCUT2D eigenvalue weighted by Crippen LogP contribution is 2.44. The standard InChI is InChI=1S/C20H39NO3Si/c1-11-12-17-18(13-21(17)19(22)23-20(8,9)10)24-25(14(2)3,15(4)5)16(6)7/h11-12,14-18H,13H2,1-10H3/t17-,18+/m0/s1. The fraction of sp³-hybridized carbons (Fsp3) is 0.850. The highest BCUT2D eigenvalue weighted by Gasteiger charge is 2.52. The van der Waals surface area contributed by atoms with Gasteiger partial charge in [0.2, 0.25) is 8.32 Å². The molecule has 0 aromatic rings. The van der Waals surface area contributed by atoms with Crippen LogP contribution in [0.1, 0.15) is 69.2 Å². The number of allylic oxidation sites excluding steroid dienone is 1. The summed E-state index contributed by atoms with van der Waals surface area (Å²) in [6.45, 7) is 22.1. The zero-order valence-electron chi connectivity index (χ0n) is 17.9. The molecule has 0 N–H and O–H groups in total. The zero-order valence-corrected chi connectivity index (χ0v) is 18.9. The SMILES string of the molecule is CC=C[C@H]1[C@H](O[Si](C(C)C)(C(C)C)C(C)C)CN1C(=O)OC(C)(C)C. The van der Waals surface area contributed by atoms with Crippen LogP contribution >= 0.6 is 0 Å². The summed E-state index contributed by atoms with van der Waals surface area (Å²) >= 11 is 0. The Labute approximate surface area is 156 Å². The number of rotatable bonds is 6. The van der Waals surface area contributed by atoms with Crippen LogP contribution in [-0.2, 0) is 9.16 Å². The molecule has 1 fully saturated rings. The Balaban J connectivity index is 2.97. The number of likely N-dealkylation sites (tertiary alicyclic amines) is 1. The molecule has 1 aliphatic rings. The Kier molecular flexibility index (Phi) is 7.34. The minimum Gasteiger partial charge on any atom is -0.444 e. The van der Waals surface area contributed by atoms with Crippen LogP contribution in [0.5, 0.6) is 0 Å². The lowest BCUT2D eigenvalue weighted by Gasteiger charge is -2.53. The highest BCUT2D eigenvalue weighted by molar-refractivity contribution is 6.77. The smallest absolute Gasteiger partial charge is 0.410 e. The third-order valence-electron chi connectivity index (χ3n) is 5.20. The topological polar surface area (TPSA) is 38.8 Å². The van der Waals surface area contributed by atoms with Gasteiger partial charge in [-0.25, -0.2) is 4.79 Å². The van der Waals surface area contributed by atoms with E-state index in [0.29, 0.717) is 23.2 Å². The van der Waals surface area contributed by atoms with Gasteiger partial charge in [-0.1, -0.05) is 53.7 Å². The zero-order chi connectivity index (χ0) is 19.6. The summed E-state index contributed by atoms with van der Waals surface area (Å²) in [5.41, 5.74) is 1.13. The number of hydrogen-bond acceptors (Lipinski definition) is 3. The number of carbonyl (C=O) groups excluding carboxylic acids is 1. The van der Waals surface area contributed by atoms with E-state index in [4.69, 9.17) is 9.16 Å². The second-order valence-electron chi connectivity index (χ2n) is 9.12. The number of carbonyl (C=O) groups is 1. The molecular formula is C20H39NO3Si. The van der Waals surface area contributed by atoms with E-state index in [9.17, 15) is 4.79 Å². The molecule has 0 bridgehead atoms. The quantitative estimate of drug-likeness (QED) is 0.442. The Morgan fingerprint density at radius 3 is 1.92 bits per heavy atom. The molecule has 1 saturated heterocycles. The molecule has 25 heavy (non-hydrogen) atoms. The summed E-state index contributed by atoms with van der Waals surface area (Å²) in [7, 11) is -1.96. The third-order valence-corrected chi connectivity index (χ3v) is 11.3. The molecule has 1 amide bonds. The Bertz CT molecular complexity index is 458. The van der Waals surface area contributed by atoms with E-state index >= 15 is 0 Å². The number of hydrogen-bond donors (Lipinski definition) is 0. The molecule has 2 atom stereocenters. The monoisotopic (exact) mass is 369 g/mol. The lowest BCUT2D eigenvalue weighted by Crippen LogP contribution is -2.66. The van der Waals surface area contributed by atoms with Gasteiger partial charge in [-0.3, -0.25) is 4.90 Å². The van der Waals surface area contributed by atoms with Crippen molar-refractivity contribution >= 4 is 14.4 Å². The minimum atomic E-state index is -1.96. The summed E-state index contributed by atoms with van der Waals surface area (Å²) in [6.07, 6.45) is 3.89. The van der Waals surface area contributed by atoms with Crippen LogP contribution < -0.4 is 0 Å². The summed E-state index contributed by atoms with van der Waals surface area (Å²) in [5.74, 6) is 0. The normalized spacial score (nSPS) is 22.2. The van der Waals surface area contributed by atoms with Gasteiger partial charge in [0.25, 0.3) is 0 Å². The molecule has 1 aliphatic heterocycles. The van der Waals surface area contributed by atoms with E-state index in [1.165, 1.54) is 0 Å². The molecule has 0 saturated carbocycles. The molecule has 146 valence electrons. The van der Waals surface area contributed by atoms with Gasteiger partial charge in [0.1, 0.15) is 5.60 Å². The molecule has 0 aliphatic carbocycles. The predicted octanol–water partition coefficient (Wildman–Crippen LogP) is 5.74. The second kappa shape index (κ2) is 8.25. The molecule has 1 rings (SSSR count). The molecular weight excluding hydrogens is 330 g/mol. The molecule has 0 aromatic heterocycles. The second-order valence-corrected chi connectivity index (χ2v) is 14.5. The lowest BCUT2D eigenvalue weighted by atomic mass is 10.00. The van der Waals surface area contributed by atoms with Crippen molar-refractivity contribution < 1.29 is 14.0 Å². The van der Waals surface area contributed by atoms with E-state index in [1.54, 1.807) is 4.90 Å². The van der Waals surface area contributed by atoms with Crippen molar-refractivity contribution in [2.24, 2.45) is 0 Å². The van der Waals surface area contributed by atoms with Crippen molar-refractivity contribution in [3.05, 3.63) is 12.2 Å². The fourth-order valence-corrected chi connectivity index (χ4v) is 9.76. The molecule has 0 aromatic carbocycles. The van der Waals surface area contributed by atoms with Crippen LogP contribution in [0.2, 0.25) is 16.6 Å². The molecule has 5 heteroatoms. The van der Waals surface area contributed by atoms with E-state index in [0.717, 1.165) is 0 Å². The van der Waals surface area contributed by atoms with Crippen molar-refractivity contribution in [2.45, 2.75) is 104 Å². The van der Waals surface area contributed by atoms with Gasteiger partial charge in [-0.05, 0) is 44.3 Å². The summed E-state index contributed by atoms with van der Waals surface area (Å²) in [4.78, 5) is 14.3. The van der Waals surface area contributed by atoms with E-state index in [2.05, 4.69) is 47.6 Å². The predicted molar refractivity (Wildman–Crippen MR) is 107 cm³/mol. The lowest BCUT2D eigenvalue weighted by molar-refractivity contribution is -0.0503. The van der Waals surface area contributed by atoms with Gasteiger partial charge in [-0.15, -0.1) is 0 Å². The van der Waals surface area contributed by atoms with Crippen LogP contribution in [0.4, 0.5) is 4.79 Å². The first kappa shape index (κ1) is 22.2. The Morgan fingerprint density at radius 1 is 1.08 bits per heavy atom. The number of ether oxygens (including phenoxy) is 1. The van der Waals surface area contributed by atoms with Gasteiger partial charge >= 0.3 is 6.09 Å². The first-order valence-electron chi connectivity index (χ1n) is 9.67. The van der Waals surface area contributed by atoms with Gasteiger partial charge in [0.05, 0.1) is 18.7 Å². The first-order chi connectivity index (χ1) is 11.4. The van der Waals surface area contributed by atoms with Crippen LogP contribution in [0.15, 0.2) is 12.2 Å². The average molecular weight is 370 g/mol. The van der Waals surface area contributed by atoms with Crippen molar-refractivity contribution in [1.29, 1.82) is 0 Å². The summed E-state index contributed by atoms with van der Waals surface area (Å²) in [5, 5.41) is 0. The maximum atomic E-state index is 12.5. The largest absolute Gasteiger partial charge is 0.444 e. The summed E-state index contributed by atoms with van der Waals surface area (Å²) in [6, 6.07) is -0.0250. The minimum absolute atomic E-state index is 0.0250. The molecule has 0 radical (unpaired) electrons. The first-order valence-corrected chi connectivity index (χ1v) is 11.8. The Hall–Kier alpha value is -0.813. The van der Waals surface area contributed by atoms with Crippen LogP contribution in [0.25, 0.3) is 0 Å².